The van der Waals surface area contributed by atoms with Crippen molar-refractivity contribution in [3.05, 3.63) is 28.7 Å². The largest absolute Gasteiger partial charge is 0.393 e. The van der Waals surface area contributed by atoms with E-state index in [2.05, 4.69) is 32.0 Å². The van der Waals surface area contributed by atoms with Gasteiger partial charge in [0.2, 0.25) is 0 Å². The van der Waals surface area contributed by atoms with Crippen LogP contribution in [-0.2, 0) is 11.8 Å². The number of rotatable bonds is 0. The minimum Gasteiger partial charge on any atom is -0.393 e. The summed E-state index contributed by atoms with van der Waals surface area (Å²) in [5, 5.41) is 14.4. The molecule has 1 aromatic heterocycles. The van der Waals surface area contributed by atoms with Gasteiger partial charge in [0, 0.05) is 17.4 Å². The normalized spacial score (nSPS) is 46.6. The average molecular weight is 327 g/mol. The van der Waals surface area contributed by atoms with Gasteiger partial charge >= 0.3 is 0 Å². The highest BCUT2D eigenvalue weighted by molar-refractivity contribution is 5.40. The molecule has 1 N–H and O–H groups in total. The number of aromatic nitrogens is 1. The third kappa shape index (κ3) is 1.75. The average Bonchev–Trinajstić information content (AvgIpc) is 3.06. The predicted octanol–water partition coefficient (Wildman–Crippen LogP) is 4.32. The van der Waals surface area contributed by atoms with Gasteiger partial charge in [0.25, 0.3) is 0 Å². The first-order chi connectivity index (χ1) is 11.4. The van der Waals surface area contributed by atoms with Gasteiger partial charge in [0.15, 0.2) is 0 Å². The van der Waals surface area contributed by atoms with Crippen molar-refractivity contribution in [1.29, 1.82) is 0 Å². The van der Waals surface area contributed by atoms with Crippen LogP contribution in [0.3, 0.4) is 0 Å². The Morgan fingerprint density at radius 1 is 1.12 bits per heavy atom. The van der Waals surface area contributed by atoms with Crippen LogP contribution in [0.1, 0.15) is 69.4 Å². The van der Waals surface area contributed by atoms with Gasteiger partial charge in [0.05, 0.1) is 11.8 Å². The maximum Gasteiger partial charge on any atom is 0.141 e. The highest BCUT2D eigenvalue weighted by atomic mass is 16.5. The van der Waals surface area contributed by atoms with E-state index in [9.17, 15) is 5.11 Å². The Kier molecular flexibility index (Phi) is 3.01. The summed E-state index contributed by atoms with van der Waals surface area (Å²) in [6.45, 7) is 7.07. The zero-order valence-electron chi connectivity index (χ0n) is 15.1. The van der Waals surface area contributed by atoms with Gasteiger partial charge in [-0.25, -0.2) is 0 Å². The van der Waals surface area contributed by atoms with Gasteiger partial charge < -0.3 is 9.63 Å². The fourth-order valence-electron chi connectivity index (χ4n) is 7.14. The number of aryl methyl sites for hydroxylation is 1. The molecule has 2 fully saturated rings. The predicted molar refractivity (Wildman–Crippen MR) is 92.7 cm³/mol. The summed E-state index contributed by atoms with van der Waals surface area (Å²) in [5.74, 6) is 3.41. The molecule has 0 aliphatic heterocycles. The molecule has 0 radical (unpaired) electrons. The van der Waals surface area contributed by atoms with Crippen molar-refractivity contribution in [2.75, 3.05) is 0 Å². The minimum absolute atomic E-state index is 0.112. The number of allylic oxidation sites excluding steroid dienone is 1. The minimum atomic E-state index is -0.112. The van der Waals surface area contributed by atoms with Crippen molar-refractivity contribution in [3.63, 3.8) is 0 Å². The molecule has 4 aliphatic carbocycles. The Morgan fingerprint density at radius 2 is 1.92 bits per heavy atom. The Bertz CT molecular complexity index is 719. The summed E-state index contributed by atoms with van der Waals surface area (Å²) in [7, 11) is 0. The molecule has 1 heterocycles. The molecular weight excluding hydrogens is 298 g/mol. The number of aliphatic hydroxyl groups is 1. The van der Waals surface area contributed by atoms with E-state index in [1.54, 1.807) is 5.57 Å². The van der Waals surface area contributed by atoms with E-state index in [1.807, 2.05) is 0 Å². The van der Waals surface area contributed by atoms with Crippen molar-refractivity contribution in [1.82, 2.24) is 5.16 Å². The summed E-state index contributed by atoms with van der Waals surface area (Å²) in [6.07, 6.45) is 10.3. The standard InChI is InChI=1S/C21H29NO2/c1-12-19-18(24-22-12)11-17-15-5-4-13-10-14(23)6-8-20(13,2)16(15)7-9-21(17,19)3/h4,14-17,23H,5-11H2,1-3H3/t14-,15+,16-,17+,20-,21-/m1/s1. The summed E-state index contributed by atoms with van der Waals surface area (Å²) in [5.41, 5.74) is 4.69. The first-order valence-corrected chi connectivity index (χ1v) is 9.76. The summed E-state index contributed by atoms with van der Waals surface area (Å²) >= 11 is 0. The zero-order chi connectivity index (χ0) is 16.7. The fourth-order valence-corrected chi connectivity index (χ4v) is 7.14. The second kappa shape index (κ2) is 4.75. The smallest absolute Gasteiger partial charge is 0.141 e. The first-order valence-electron chi connectivity index (χ1n) is 9.76. The van der Waals surface area contributed by atoms with E-state index in [0.29, 0.717) is 11.3 Å². The van der Waals surface area contributed by atoms with Gasteiger partial charge in [0.1, 0.15) is 5.76 Å². The van der Waals surface area contributed by atoms with Crippen LogP contribution in [0, 0.1) is 30.1 Å². The van der Waals surface area contributed by atoms with Crippen molar-refractivity contribution in [3.8, 4) is 0 Å². The number of fused-ring (bicyclic) bond motifs is 7. The van der Waals surface area contributed by atoms with Crippen LogP contribution in [0.4, 0.5) is 0 Å². The highest BCUT2D eigenvalue weighted by Crippen LogP contribution is 2.64. The molecule has 0 aromatic carbocycles. The lowest BCUT2D eigenvalue weighted by atomic mass is 9.47. The Balaban J connectivity index is 1.54. The van der Waals surface area contributed by atoms with Gasteiger partial charge in [-0.05, 0) is 68.6 Å². The van der Waals surface area contributed by atoms with Gasteiger partial charge in [-0.3, -0.25) is 0 Å². The van der Waals surface area contributed by atoms with Crippen molar-refractivity contribution in [2.45, 2.75) is 77.2 Å². The molecule has 0 amide bonds. The molecule has 6 atom stereocenters. The first kappa shape index (κ1) is 15.2. The maximum absolute atomic E-state index is 10.1. The highest BCUT2D eigenvalue weighted by Gasteiger charge is 2.58. The lowest BCUT2D eigenvalue weighted by Crippen LogP contribution is -2.51. The third-order valence-electron chi connectivity index (χ3n) is 8.38. The second-order valence-electron chi connectivity index (χ2n) is 9.38. The van der Waals surface area contributed by atoms with Crippen LogP contribution in [0.25, 0.3) is 0 Å². The SMILES string of the molecule is Cc1noc2c1[C@]1(C)CC[C@@H]3[C@H](CC=C4C[C@H](O)CC[C@]43C)[C@@H]1C2. The quantitative estimate of drug-likeness (QED) is 0.722. The molecule has 3 heteroatoms. The van der Waals surface area contributed by atoms with Crippen LogP contribution in [0.2, 0.25) is 0 Å². The topological polar surface area (TPSA) is 46.3 Å². The lowest BCUT2D eigenvalue weighted by Gasteiger charge is -2.57. The van der Waals surface area contributed by atoms with Crippen LogP contribution >= 0.6 is 0 Å². The molecule has 2 saturated carbocycles. The van der Waals surface area contributed by atoms with Gasteiger partial charge in [-0.2, -0.15) is 0 Å². The molecule has 130 valence electrons. The fraction of sp³-hybridized carbons (Fsp3) is 0.762. The number of aliphatic hydroxyl groups excluding tert-OH is 1. The molecule has 0 saturated heterocycles. The molecule has 0 bridgehead atoms. The Labute approximate surface area is 144 Å². The number of hydrogen-bond donors (Lipinski definition) is 1. The van der Waals surface area contributed by atoms with E-state index in [-0.39, 0.29) is 11.5 Å². The van der Waals surface area contributed by atoms with E-state index in [0.717, 1.165) is 43.2 Å². The molecule has 3 nitrogen and oxygen atoms in total. The van der Waals surface area contributed by atoms with Crippen molar-refractivity contribution < 1.29 is 9.63 Å². The maximum atomic E-state index is 10.1. The lowest BCUT2D eigenvalue weighted by molar-refractivity contribution is -0.0172. The van der Waals surface area contributed by atoms with Crippen LogP contribution in [0.15, 0.2) is 16.2 Å². The Morgan fingerprint density at radius 3 is 2.75 bits per heavy atom. The van der Waals surface area contributed by atoms with Gasteiger partial charge in [-0.1, -0.05) is 30.7 Å². The molecule has 0 unspecified atom stereocenters. The Hall–Kier alpha value is -1.09. The summed E-state index contributed by atoms with van der Waals surface area (Å²) in [6, 6.07) is 0. The summed E-state index contributed by atoms with van der Waals surface area (Å²) in [4.78, 5) is 0. The van der Waals surface area contributed by atoms with Crippen molar-refractivity contribution in [2.24, 2.45) is 23.2 Å². The number of hydrogen-bond acceptors (Lipinski definition) is 3. The second-order valence-corrected chi connectivity index (χ2v) is 9.38. The summed E-state index contributed by atoms with van der Waals surface area (Å²) < 4.78 is 5.69. The molecule has 24 heavy (non-hydrogen) atoms. The molecule has 4 aliphatic rings. The third-order valence-corrected chi connectivity index (χ3v) is 8.38. The monoisotopic (exact) mass is 327 g/mol. The number of nitrogens with zero attached hydrogens (tertiary/aromatic N) is 1. The zero-order valence-corrected chi connectivity index (χ0v) is 15.1. The van der Waals surface area contributed by atoms with Crippen molar-refractivity contribution >= 4 is 0 Å². The molecular formula is C21H29NO2. The molecule has 1 aromatic rings. The molecule has 0 spiro atoms. The van der Waals surface area contributed by atoms with Crippen LogP contribution in [-0.4, -0.2) is 16.4 Å². The van der Waals surface area contributed by atoms with E-state index < -0.39 is 0 Å². The van der Waals surface area contributed by atoms with Crippen LogP contribution < -0.4 is 0 Å². The van der Waals surface area contributed by atoms with E-state index in [4.69, 9.17) is 4.52 Å². The van der Waals surface area contributed by atoms with E-state index in [1.165, 1.54) is 30.6 Å². The van der Waals surface area contributed by atoms with Gasteiger partial charge in [-0.15, -0.1) is 0 Å². The molecule has 5 rings (SSSR count). The van der Waals surface area contributed by atoms with Crippen LogP contribution in [0.5, 0.6) is 0 Å². The van der Waals surface area contributed by atoms with E-state index >= 15 is 0 Å².